The summed E-state index contributed by atoms with van der Waals surface area (Å²) in [5, 5.41) is 0. The molecule has 0 bridgehead atoms. The lowest BCUT2D eigenvalue weighted by Crippen LogP contribution is -2.17. The number of likely N-dealkylation sites (N-methyl/N-ethyl adjacent to an activating group) is 1. The first-order valence-electron chi connectivity index (χ1n) is 3.92. The summed E-state index contributed by atoms with van der Waals surface area (Å²) in [5.41, 5.74) is 1.16. The predicted molar refractivity (Wildman–Crippen MR) is 52.8 cm³/mol. The van der Waals surface area contributed by atoms with E-state index in [0.29, 0.717) is 12.2 Å². The molecule has 0 N–H and O–H groups in total. The molecule has 4 nitrogen and oxygen atoms in total. The van der Waals surface area contributed by atoms with E-state index in [2.05, 4.69) is 16.4 Å². The van der Waals surface area contributed by atoms with Crippen molar-refractivity contribution in [2.24, 2.45) is 4.99 Å². The van der Waals surface area contributed by atoms with Crippen LogP contribution in [0, 0.1) is 0 Å². The second-order valence-electron chi connectivity index (χ2n) is 3.02. The smallest absolute Gasteiger partial charge is 0.356 e. The Kier molecular flexibility index (Phi) is 4.99. The molecule has 0 atom stereocenters. The van der Waals surface area contributed by atoms with Crippen molar-refractivity contribution >= 4 is 12.7 Å². The Bertz CT molecular complexity index is 232. The number of esters is 1. The number of hydrogen-bond acceptors (Lipinski definition) is 4. The van der Waals surface area contributed by atoms with E-state index < -0.39 is 5.97 Å². The third-order valence-electron chi connectivity index (χ3n) is 1.49. The van der Waals surface area contributed by atoms with Crippen molar-refractivity contribution in [2.45, 2.75) is 6.92 Å². The number of aliphatic imine (C=N–C) groups is 1. The number of ether oxygens (including phenoxy) is 1. The maximum atomic E-state index is 11.1. The lowest BCUT2D eigenvalue weighted by Gasteiger charge is -2.11. The summed E-state index contributed by atoms with van der Waals surface area (Å²) in [4.78, 5) is 16.7. The molecule has 0 aromatic carbocycles. The molecule has 74 valence electrons. The molecular formula is C9H16N2O2. The largest absolute Gasteiger partial charge is 0.464 e. The Morgan fingerprint density at radius 3 is 2.38 bits per heavy atom. The van der Waals surface area contributed by atoms with Gasteiger partial charge in [0.15, 0.2) is 0 Å². The minimum Gasteiger partial charge on any atom is -0.464 e. The first-order chi connectivity index (χ1) is 6.02. The van der Waals surface area contributed by atoms with Gasteiger partial charge in [-0.05, 0) is 33.3 Å². The first kappa shape index (κ1) is 11.8. The van der Waals surface area contributed by atoms with Gasteiger partial charge in [-0.15, -0.1) is 0 Å². The van der Waals surface area contributed by atoms with E-state index in [9.17, 15) is 4.79 Å². The average molecular weight is 184 g/mol. The highest BCUT2D eigenvalue weighted by molar-refractivity contribution is 5.89. The van der Waals surface area contributed by atoms with Crippen LogP contribution >= 0.6 is 0 Å². The van der Waals surface area contributed by atoms with E-state index in [-0.39, 0.29) is 0 Å². The Labute approximate surface area is 78.9 Å². The van der Waals surface area contributed by atoms with E-state index in [1.54, 1.807) is 0 Å². The zero-order valence-electron chi connectivity index (χ0n) is 8.63. The van der Waals surface area contributed by atoms with Crippen LogP contribution < -0.4 is 0 Å². The second-order valence-corrected chi connectivity index (χ2v) is 3.02. The molecule has 0 aromatic heterocycles. The summed E-state index contributed by atoms with van der Waals surface area (Å²) >= 11 is 0. The van der Waals surface area contributed by atoms with Crippen LogP contribution in [0.5, 0.6) is 0 Å². The highest BCUT2D eigenvalue weighted by Gasteiger charge is 2.11. The summed E-state index contributed by atoms with van der Waals surface area (Å²) in [6.07, 6.45) is 0. The number of carbonyl (C=O) groups is 1. The Morgan fingerprint density at radius 2 is 2.08 bits per heavy atom. The molecule has 0 amide bonds. The molecule has 0 rings (SSSR count). The Hall–Kier alpha value is -1.16. The van der Waals surface area contributed by atoms with E-state index in [4.69, 9.17) is 0 Å². The van der Waals surface area contributed by atoms with Crippen molar-refractivity contribution < 1.29 is 9.53 Å². The highest BCUT2D eigenvalue weighted by atomic mass is 16.5. The molecule has 0 aliphatic carbocycles. The molecule has 0 heterocycles. The van der Waals surface area contributed by atoms with Crippen molar-refractivity contribution in [1.82, 2.24) is 4.90 Å². The lowest BCUT2D eigenvalue weighted by molar-refractivity contribution is -0.136. The molecule has 0 fully saturated rings. The van der Waals surface area contributed by atoms with Gasteiger partial charge in [0.25, 0.3) is 0 Å². The molecule has 0 aromatic rings. The quantitative estimate of drug-likeness (QED) is 0.367. The molecule has 4 heteroatoms. The molecular weight excluding hydrogens is 168 g/mol. The van der Waals surface area contributed by atoms with Crippen LogP contribution in [0.3, 0.4) is 0 Å². The van der Waals surface area contributed by atoms with Gasteiger partial charge in [-0.1, -0.05) is 0 Å². The Morgan fingerprint density at radius 1 is 1.54 bits per heavy atom. The molecule has 0 aliphatic heterocycles. The van der Waals surface area contributed by atoms with Crippen molar-refractivity contribution in [3.8, 4) is 0 Å². The summed E-state index contributed by atoms with van der Waals surface area (Å²) in [6, 6.07) is 0. The van der Waals surface area contributed by atoms with E-state index in [1.165, 1.54) is 7.11 Å². The molecule has 0 spiro atoms. The van der Waals surface area contributed by atoms with Gasteiger partial charge in [0.1, 0.15) is 5.70 Å². The molecule has 0 saturated carbocycles. The van der Waals surface area contributed by atoms with Crippen LogP contribution in [0.4, 0.5) is 0 Å². The summed E-state index contributed by atoms with van der Waals surface area (Å²) in [6.45, 7) is 5.84. The highest BCUT2D eigenvalue weighted by Crippen LogP contribution is 2.07. The summed E-state index contributed by atoms with van der Waals surface area (Å²) < 4.78 is 4.56. The predicted octanol–water partition coefficient (Wildman–Crippen LogP) is 0.696. The van der Waals surface area contributed by atoms with Gasteiger partial charge in [-0.3, -0.25) is 4.99 Å². The average Bonchev–Trinajstić information content (AvgIpc) is 2.03. The fourth-order valence-electron chi connectivity index (χ4n) is 1.02. The third-order valence-corrected chi connectivity index (χ3v) is 1.49. The minimum atomic E-state index is -0.436. The third kappa shape index (κ3) is 3.85. The van der Waals surface area contributed by atoms with E-state index >= 15 is 0 Å². The molecule has 0 radical (unpaired) electrons. The zero-order chi connectivity index (χ0) is 10.4. The van der Waals surface area contributed by atoms with Crippen molar-refractivity contribution in [3.63, 3.8) is 0 Å². The maximum Gasteiger partial charge on any atom is 0.356 e. The standard InChI is InChI=1S/C9H16N2O2/c1-7(6-11(3)4)8(10-2)9(12)13-5/h2,6H2,1,3-5H3. The number of carbonyl (C=O) groups excluding carboxylic acids is 1. The van der Waals surface area contributed by atoms with Gasteiger partial charge in [0, 0.05) is 6.54 Å². The van der Waals surface area contributed by atoms with Crippen LogP contribution in [0.2, 0.25) is 0 Å². The number of rotatable bonds is 4. The minimum absolute atomic E-state index is 0.302. The van der Waals surface area contributed by atoms with Crippen LogP contribution in [0.1, 0.15) is 6.92 Å². The van der Waals surface area contributed by atoms with E-state index in [1.807, 2.05) is 25.9 Å². The van der Waals surface area contributed by atoms with Crippen molar-refractivity contribution in [3.05, 3.63) is 11.3 Å². The number of nitrogens with zero attached hydrogens (tertiary/aromatic N) is 2. The SMILES string of the molecule is C=NC(C(=O)OC)=C(C)CN(C)C. The monoisotopic (exact) mass is 184 g/mol. The van der Waals surface area contributed by atoms with Gasteiger partial charge in [-0.25, -0.2) is 4.79 Å². The number of methoxy groups -OCH3 is 1. The fraction of sp³-hybridized carbons (Fsp3) is 0.556. The topological polar surface area (TPSA) is 41.9 Å². The summed E-state index contributed by atoms with van der Waals surface area (Å²) in [5.74, 6) is -0.436. The van der Waals surface area contributed by atoms with E-state index in [0.717, 1.165) is 5.57 Å². The van der Waals surface area contributed by atoms with Gasteiger partial charge < -0.3 is 9.64 Å². The number of hydrogen-bond donors (Lipinski definition) is 0. The molecule has 0 aliphatic rings. The van der Waals surface area contributed by atoms with Crippen molar-refractivity contribution in [1.29, 1.82) is 0 Å². The van der Waals surface area contributed by atoms with Crippen molar-refractivity contribution in [2.75, 3.05) is 27.7 Å². The normalized spacial score (nSPS) is 12.4. The zero-order valence-corrected chi connectivity index (χ0v) is 8.63. The maximum absolute atomic E-state index is 11.1. The van der Waals surface area contributed by atoms with Crippen LogP contribution in [0.25, 0.3) is 0 Å². The molecule has 13 heavy (non-hydrogen) atoms. The van der Waals surface area contributed by atoms with Crippen LogP contribution in [0.15, 0.2) is 16.3 Å². The molecule has 0 saturated heterocycles. The van der Waals surface area contributed by atoms with Crippen LogP contribution in [-0.2, 0) is 9.53 Å². The lowest BCUT2D eigenvalue weighted by atomic mass is 10.2. The first-order valence-corrected chi connectivity index (χ1v) is 3.92. The Balaban J connectivity index is 4.68. The van der Waals surface area contributed by atoms with Gasteiger partial charge in [0.05, 0.1) is 7.11 Å². The van der Waals surface area contributed by atoms with Gasteiger partial charge >= 0.3 is 5.97 Å². The van der Waals surface area contributed by atoms with Crippen LogP contribution in [-0.4, -0.2) is 45.3 Å². The second kappa shape index (κ2) is 5.48. The molecule has 0 unspecified atom stereocenters. The fourth-order valence-corrected chi connectivity index (χ4v) is 1.02. The summed E-state index contributed by atoms with van der Waals surface area (Å²) in [7, 11) is 5.17. The van der Waals surface area contributed by atoms with Gasteiger partial charge in [-0.2, -0.15) is 0 Å². The van der Waals surface area contributed by atoms with Gasteiger partial charge in [0.2, 0.25) is 0 Å².